The summed E-state index contributed by atoms with van der Waals surface area (Å²) in [4.78, 5) is 13.3. The summed E-state index contributed by atoms with van der Waals surface area (Å²) >= 11 is 1.59. The fourth-order valence-electron chi connectivity index (χ4n) is 1.90. The van der Waals surface area contributed by atoms with Crippen LogP contribution in [0.4, 0.5) is 0 Å². The Bertz CT molecular complexity index is 561. The maximum Gasteiger partial charge on any atom is 0.328 e. The van der Waals surface area contributed by atoms with Gasteiger partial charge in [0.1, 0.15) is 5.54 Å². The van der Waals surface area contributed by atoms with Crippen molar-refractivity contribution in [1.82, 2.24) is 4.90 Å². The van der Waals surface area contributed by atoms with Crippen LogP contribution in [0.1, 0.15) is 12.5 Å². The zero-order valence-corrected chi connectivity index (χ0v) is 10.9. The highest BCUT2D eigenvalue weighted by molar-refractivity contribution is 7.17. The summed E-state index contributed by atoms with van der Waals surface area (Å²) in [5, 5.41) is 12.5. The van der Waals surface area contributed by atoms with E-state index in [0.29, 0.717) is 0 Å². The smallest absolute Gasteiger partial charge is 0.328 e. The molecule has 3 nitrogen and oxygen atoms in total. The molecule has 0 unspecified atom stereocenters. The Balaban J connectivity index is 2.69. The topological polar surface area (TPSA) is 40.5 Å². The van der Waals surface area contributed by atoms with Crippen molar-refractivity contribution in [2.75, 3.05) is 14.1 Å². The van der Waals surface area contributed by atoms with Gasteiger partial charge in [-0.3, -0.25) is 4.90 Å². The lowest BCUT2D eigenvalue weighted by atomic mass is 9.90. The van der Waals surface area contributed by atoms with Crippen molar-refractivity contribution < 1.29 is 9.90 Å². The molecule has 0 amide bonds. The number of fused-ring (bicyclic) bond motifs is 1. The number of carboxylic acids is 1. The Hall–Kier alpha value is -1.39. The predicted octanol–water partition coefficient (Wildman–Crippen LogP) is 2.76. The van der Waals surface area contributed by atoms with Gasteiger partial charge in [-0.2, -0.15) is 0 Å². The molecule has 0 saturated carbocycles. The molecule has 0 radical (unpaired) electrons. The summed E-state index contributed by atoms with van der Waals surface area (Å²) in [6.45, 7) is 1.74. The Morgan fingerprint density at radius 3 is 2.59 bits per heavy atom. The summed E-state index contributed by atoms with van der Waals surface area (Å²) in [6.07, 6.45) is 0. The van der Waals surface area contributed by atoms with Crippen molar-refractivity contribution in [1.29, 1.82) is 0 Å². The Labute approximate surface area is 104 Å². The highest BCUT2D eigenvalue weighted by atomic mass is 32.1. The largest absolute Gasteiger partial charge is 0.480 e. The monoisotopic (exact) mass is 249 g/mol. The van der Waals surface area contributed by atoms with Gasteiger partial charge >= 0.3 is 5.97 Å². The molecule has 1 atom stereocenters. The molecule has 0 aliphatic rings. The van der Waals surface area contributed by atoms with Crippen LogP contribution < -0.4 is 0 Å². The first-order chi connectivity index (χ1) is 7.98. The van der Waals surface area contributed by atoms with Gasteiger partial charge in [-0.25, -0.2) is 4.79 Å². The average Bonchev–Trinajstić information content (AvgIpc) is 2.71. The molecule has 90 valence electrons. The Kier molecular flexibility index (Phi) is 2.93. The van der Waals surface area contributed by atoms with Crippen molar-refractivity contribution in [3.05, 3.63) is 35.2 Å². The second-order valence-corrected chi connectivity index (χ2v) is 5.33. The molecule has 17 heavy (non-hydrogen) atoms. The minimum absolute atomic E-state index is 0.828. The number of hydrogen-bond acceptors (Lipinski definition) is 3. The zero-order valence-electron chi connectivity index (χ0n) is 10.1. The normalized spacial score (nSPS) is 15.1. The van der Waals surface area contributed by atoms with Gasteiger partial charge in [0.15, 0.2) is 0 Å². The Morgan fingerprint density at radius 2 is 2.00 bits per heavy atom. The van der Waals surface area contributed by atoms with Crippen LogP contribution in [-0.2, 0) is 10.3 Å². The molecule has 1 N–H and O–H groups in total. The van der Waals surface area contributed by atoms with Gasteiger partial charge in [-0.05, 0) is 37.9 Å². The van der Waals surface area contributed by atoms with E-state index in [1.165, 1.54) is 0 Å². The number of carbonyl (C=O) groups is 1. The maximum atomic E-state index is 11.6. The minimum Gasteiger partial charge on any atom is -0.480 e. The molecule has 0 bridgehead atoms. The molecule has 2 aromatic rings. The van der Waals surface area contributed by atoms with E-state index in [1.807, 2.05) is 29.6 Å². The second kappa shape index (κ2) is 4.13. The Morgan fingerprint density at radius 1 is 1.35 bits per heavy atom. The highest BCUT2D eigenvalue weighted by Crippen LogP contribution is 2.36. The van der Waals surface area contributed by atoms with E-state index in [1.54, 1.807) is 37.3 Å². The van der Waals surface area contributed by atoms with E-state index in [9.17, 15) is 9.90 Å². The van der Waals surface area contributed by atoms with E-state index < -0.39 is 11.5 Å². The average molecular weight is 249 g/mol. The van der Waals surface area contributed by atoms with Crippen molar-refractivity contribution in [3.63, 3.8) is 0 Å². The summed E-state index contributed by atoms with van der Waals surface area (Å²) in [6, 6.07) is 7.90. The van der Waals surface area contributed by atoms with Crippen LogP contribution in [0.15, 0.2) is 29.6 Å². The highest BCUT2D eigenvalue weighted by Gasteiger charge is 2.39. The number of likely N-dealkylation sites (N-methyl/N-ethyl adjacent to an activating group) is 1. The fourth-order valence-corrected chi connectivity index (χ4v) is 2.97. The first-order valence-electron chi connectivity index (χ1n) is 5.35. The van der Waals surface area contributed by atoms with E-state index >= 15 is 0 Å². The number of aliphatic carboxylic acids is 1. The molecule has 1 aromatic carbocycles. The first-order valence-corrected chi connectivity index (χ1v) is 6.23. The molecule has 0 saturated heterocycles. The van der Waals surface area contributed by atoms with Crippen LogP contribution in [0.5, 0.6) is 0 Å². The van der Waals surface area contributed by atoms with Gasteiger partial charge < -0.3 is 5.11 Å². The number of benzene rings is 1. The zero-order chi connectivity index (χ0) is 12.6. The van der Waals surface area contributed by atoms with Crippen LogP contribution in [0.25, 0.3) is 10.1 Å². The first kappa shape index (κ1) is 12.1. The van der Waals surface area contributed by atoms with Crippen molar-refractivity contribution in [2.24, 2.45) is 0 Å². The molecule has 1 aromatic heterocycles. The molecule has 0 spiro atoms. The van der Waals surface area contributed by atoms with Crippen molar-refractivity contribution in [2.45, 2.75) is 12.5 Å². The third-order valence-electron chi connectivity index (χ3n) is 3.32. The number of rotatable bonds is 3. The number of hydrogen-bond donors (Lipinski definition) is 1. The number of carboxylic acid groups (broad SMARTS) is 1. The third-order valence-corrected chi connectivity index (χ3v) is 4.28. The van der Waals surface area contributed by atoms with Gasteiger partial charge in [0, 0.05) is 10.3 Å². The summed E-state index contributed by atoms with van der Waals surface area (Å²) in [5.41, 5.74) is -0.129. The molecular weight excluding hydrogens is 234 g/mol. The van der Waals surface area contributed by atoms with Crippen LogP contribution in [0, 0.1) is 0 Å². The standard InChI is InChI=1S/C13H15NO2S/c1-13(12(15)16,14(2)3)10-8-17-11-7-5-4-6-9(10)11/h4-8H,1-3H3,(H,15,16)/t13-/m1/s1. The molecule has 0 aliphatic heterocycles. The van der Waals surface area contributed by atoms with E-state index in [2.05, 4.69) is 0 Å². The second-order valence-electron chi connectivity index (χ2n) is 4.42. The van der Waals surface area contributed by atoms with Crippen LogP contribution in [0.2, 0.25) is 0 Å². The maximum absolute atomic E-state index is 11.6. The van der Waals surface area contributed by atoms with Crippen LogP contribution >= 0.6 is 11.3 Å². The summed E-state index contributed by atoms with van der Waals surface area (Å²) in [5.74, 6) is -0.828. The fraction of sp³-hybridized carbons (Fsp3) is 0.308. The predicted molar refractivity (Wildman–Crippen MR) is 70.5 cm³/mol. The van der Waals surface area contributed by atoms with Gasteiger partial charge in [0.25, 0.3) is 0 Å². The van der Waals surface area contributed by atoms with Gasteiger partial charge in [0.2, 0.25) is 0 Å². The summed E-state index contributed by atoms with van der Waals surface area (Å²) in [7, 11) is 3.58. The lowest BCUT2D eigenvalue weighted by molar-refractivity contribution is -0.149. The van der Waals surface area contributed by atoms with E-state index in [4.69, 9.17) is 0 Å². The minimum atomic E-state index is -0.987. The number of nitrogens with zero attached hydrogens (tertiary/aromatic N) is 1. The molecule has 0 fully saturated rings. The van der Waals surface area contributed by atoms with Gasteiger partial charge in [-0.1, -0.05) is 18.2 Å². The summed E-state index contributed by atoms with van der Waals surface area (Å²) < 4.78 is 1.12. The lowest BCUT2D eigenvalue weighted by Gasteiger charge is -2.32. The molecule has 1 heterocycles. The van der Waals surface area contributed by atoms with E-state index in [0.717, 1.165) is 15.6 Å². The third kappa shape index (κ3) is 1.73. The van der Waals surface area contributed by atoms with Crippen LogP contribution in [0.3, 0.4) is 0 Å². The van der Waals surface area contributed by atoms with E-state index in [-0.39, 0.29) is 0 Å². The number of thiophene rings is 1. The quantitative estimate of drug-likeness (QED) is 0.909. The molecule has 4 heteroatoms. The molecule has 2 rings (SSSR count). The van der Waals surface area contributed by atoms with Gasteiger partial charge in [-0.15, -0.1) is 11.3 Å². The van der Waals surface area contributed by atoms with Crippen LogP contribution in [-0.4, -0.2) is 30.1 Å². The van der Waals surface area contributed by atoms with Crippen molar-refractivity contribution >= 4 is 27.4 Å². The van der Waals surface area contributed by atoms with Gasteiger partial charge in [0.05, 0.1) is 0 Å². The lowest BCUT2D eigenvalue weighted by Crippen LogP contribution is -2.45. The molecular formula is C13H15NO2S. The SMILES string of the molecule is CN(C)[C@@](C)(C(=O)O)c1csc2ccccc12. The van der Waals surface area contributed by atoms with Crippen molar-refractivity contribution in [3.8, 4) is 0 Å². The molecule has 0 aliphatic carbocycles.